The maximum atomic E-state index is 10.0. The van der Waals surface area contributed by atoms with Gasteiger partial charge in [0.15, 0.2) is 0 Å². The molecule has 4 nitrogen and oxygen atoms in total. The Morgan fingerprint density at radius 3 is 1.42 bits per heavy atom. The van der Waals surface area contributed by atoms with Crippen molar-refractivity contribution in [2.24, 2.45) is 0 Å². The van der Waals surface area contributed by atoms with Crippen molar-refractivity contribution >= 4 is 0 Å². The van der Waals surface area contributed by atoms with Gasteiger partial charge in [-0.2, -0.15) is 5.06 Å². The van der Waals surface area contributed by atoms with Gasteiger partial charge in [0, 0.05) is 13.1 Å². The second-order valence-electron chi connectivity index (χ2n) is 6.23. The zero-order valence-electron chi connectivity index (χ0n) is 14.0. The number of hydrogen-bond donors (Lipinski definition) is 3. The minimum Gasteiger partial charge on any atom is -0.392 e. The summed E-state index contributed by atoms with van der Waals surface area (Å²) in [6.45, 7) is 0.296. The molecule has 0 aliphatic carbocycles. The van der Waals surface area contributed by atoms with Gasteiger partial charge in [0.05, 0.1) is 12.2 Å². The molecule has 0 spiro atoms. The molecule has 0 saturated heterocycles. The van der Waals surface area contributed by atoms with Gasteiger partial charge in [0.25, 0.3) is 0 Å². The Balaban J connectivity index is 1.63. The highest BCUT2D eigenvalue weighted by molar-refractivity contribution is 5.15. The quantitative estimate of drug-likeness (QED) is 0.587. The van der Waals surface area contributed by atoms with Crippen LogP contribution in [0.2, 0.25) is 0 Å². The van der Waals surface area contributed by atoms with E-state index in [-0.39, 0.29) is 13.1 Å². The van der Waals surface area contributed by atoms with Crippen molar-refractivity contribution in [2.75, 3.05) is 13.1 Å². The van der Waals surface area contributed by atoms with E-state index in [0.717, 1.165) is 17.9 Å². The van der Waals surface area contributed by atoms with Crippen LogP contribution in [0.3, 0.4) is 0 Å². The molecule has 0 aromatic heterocycles. The Bertz CT molecular complexity index is 510. The summed E-state index contributed by atoms with van der Waals surface area (Å²) in [5.41, 5.74) is 2.34. The van der Waals surface area contributed by atoms with Crippen molar-refractivity contribution < 1.29 is 15.4 Å². The van der Waals surface area contributed by atoms with E-state index in [1.54, 1.807) is 0 Å². The molecule has 0 bridgehead atoms. The summed E-state index contributed by atoms with van der Waals surface area (Å²) in [5, 5.41) is 31.0. The largest absolute Gasteiger partial charge is 0.392 e. The SMILES string of the molecule is OC(CCc1ccccc1)CN(O)CC(O)CCc1ccccc1. The molecule has 0 saturated carbocycles. The summed E-state index contributed by atoms with van der Waals surface area (Å²) in [6.07, 6.45) is 1.48. The average Bonchev–Trinajstić information content (AvgIpc) is 2.60. The van der Waals surface area contributed by atoms with E-state index < -0.39 is 12.2 Å². The highest BCUT2D eigenvalue weighted by Gasteiger charge is 2.14. The summed E-state index contributed by atoms with van der Waals surface area (Å²) in [5.74, 6) is 0. The van der Waals surface area contributed by atoms with Crippen LogP contribution in [-0.4, -0.2) is 45.8 Å². The molecule has 2 rings (SSSR count). The van der Waals surface area contributed by atoms with Crippen molar-refractivity contribution in [3.63, 3.8) is 0 Å². The van der Waals surface area contributed by atoms with Crippen molar-refractivity contribution in [1.29, 1.82) is 0 Å². The van der Waals surface area contributed by atoms with Crippen LogP contribution in [0.5, 0.6) is 0 Å². The Morgan fingerprint density at radius 2 is 1.04 bits per heavy atom. The second-order valence-corrected chi connectivity index (χ2v) is 6.23. The van der Waals surface area contributed by atoms with Gasteiger partial charge in [0.2, 0.25) is 0 Å². The highest BCUT2D eigenvalue weighted by atomic mass is 16.5. The van der Waals surface area contributed by atoms with Crippen molar-refractivity contribution in [1.82, 2.24) is 5.06 Å². The topological polar surface area (TPSA) is 63.9 Å². The maximum Gasteiger partial charge on any atom is 0.0693 e. The fourth-order valence-corrected chi connectivity index (χ4v) is 2.70. The molecule has 0 radical (unpaired) electrons. The molecule has 130 valence electrons. The van der Waals surface area contributed by atoms with Gasteiger partial charge in [-0.05, 0) is 36.8 Å². The van der Waals surface area contributed by atoms with E-state index in [1.807, 2.05) is 60.7 Å². The molecule has 2 atom stereocenters. The number of benzene rings is 2. The monoisotopic (exact) mass is 329 g/mol. The number of nitrogens with zero attached hydrogens (tertiary/aromatic N) is 1. The van der Waals surface area contributed by atoms with Gasteiger partial charge in [-0.3, -0.25) is 0 Å². The van der Waals surface area contributed by atoms with E-state index in [9.17, 15) is 15.4 Å². The molecular formula is C20H27NO3. The fourth-order valence-electron chi connectivity index (χ4n) is 2.70. The summed E-state index contributed by atoms with van der Waals surface area (Å²) in [4.78, 5) is 0. The lowest BCUT2D eigenvalue weighted by molar-refractivity contribution is -0.132. The lowest BCUT2D eigenvalue weighted by Gasteiger charge is -2.21. The van der Waals surface area contributed by atoms with Gasteiger partial charge in [-0.15, -0.1) is 0 Å². The zero-order chi connectivity index (χ0) is 17.2. The van der Waals surface area contributed by atoms with Gasteiger partial charge in [-0.25, -0.2) is 0 Å². The first-order chi connectivity index (χ1) is 11.6. The molecule has 24 heavy (non-hydrogen) atoms. The van der Waals surface area contributed by atoms with Gasteiger partial charge < -0.3 is 15.4 Å². The fraction of sp³-hybridized carbons (Fsp3) is 0.400. The van der Waals surface area contributed by atoms with Crippen molar-refractivity contribution in [2.45, 2.75) is 37.9 Å². The summed E-state index contributed by atoms with van der Waals surface area (Å²) < 4.78 is 0. The van der Waals surface area contributed by atoms with Crippen molar-refractivity contribution in [3.05, 3.63) is 71.8 Å². The molecule has 0 aliphatic rings. The number of aliphatic hydroxyl groups excluding tert-OH is 2. The van der Waals surface area contributed by atoms with Crippen LogP contribution >= 0.6 is 0 Å². The predicted molar refractivity (Wildman–Crippen MR) is 94.9 cm³/mol. The minimum atomic E-state index is -0.614. The van der Waals surface area contributed by atoms with E-state index in [0.29, 0.717) is 12.8 Å². The van der Waals surface area contributed by atoms with Gasteiger partial charge in [0.1, 0.15) is 0 Å². The zero-order valence-corrected chi connectivity index (χ0v) is 14.0. The van der Waals surface area contributed by atoms with Gasteiger partial charge >= 0.3 is 0 Å². The third kappa shape index (κ3) is 7.23. The molecular weight excluding hydrogens is 302 g/mol. The first-order valence-electron chi connectivity index (χ1n) is 8.51. The molecule has 2 aromatic rings. The van der Waals surface area contributed by atoms with E-state index in [4.69, 9.17) is 0 Å². The van der Waals surface area contributed by atoms with Crippen LogP contribution in [0.25, 0.3) is 0 Å². The summed E-state index contributed by atoms with van der Waals surface area (Å²) in [7, 11) is 0. The first kappa shape index (κ1) is 18.6. The average molecular weight is 329 g/mol. The first-order valence-corrected chi connectivity index (χ1v) is 8.51. The number of hydrogen-bond acceptors (Lipinski definition) is 4. The number of hydroxylamine groups is 2. The summed E-state index contributed by atoms with van der Waals surface area (Å²) >= 11 is 0. The van der Waals surface area contributed by atoms with E-state index in [2.05, 4.69) is 0 Å². The predicted octanol–water partition coefficient (Wildman–Crippen LogP) is 2.67. The third-order valence-corrected chi connectivity index (χ3v) is 4.06. The highest BCUT2D eigenvalue weighted by Crippen LogP contribution is 2.08. The normalized spacial score (nSPS) is 13.8. The maximum absolute atomic E-state index is 10.0. The van der Waals surface area contributed by atoms with E-state index >= 15 is 0 Å². The lowest BCUT2D eigenvalue weighted by atomic mass is 10.1. The second kappa shape index (κ2) is 10.2. The van der Waals surface area contributed by atoms with Crippen LogP contribution in [0.4, 0.5) is 0 Å². The van der Waals surface area contributed by atoms with Crippen molar-refractivity contribution in [3.8, 4) is 0 Å². The Morgan fingerprint density at radius 1 is 0.667 bits per heavy atom. The van der Waals surface area contributed by atoms with Crippen LogP contribution in [-0.2, 0) is 12.8 Å². The van der Waals surface area contributed by atoms with Crippen LogP contribution in [0.1, 0.15) is 24.0 Å². The van der Waals surface area contributed by atoms with Crippen LogP contribution in [0, 0.1) is 0 Å². The smallest absolute Gasteiger partial charge is 0.0693 e. The minimum absolute atomic E-state index is 0.148. The molecule has 2 aromatic carbocycles. The molecule has 0 heterocycles. The molecule has 0 amide bonds. The molecule has 3 N–H and O–H groups in total. The Kier molecular flexibility index (Phi) is 7.92. The van der Waals surface area contributed by atoms with Crippen LogP contribution < -0.4 is 0 Å². The summed E-state index contributed by atoms with van der Waals surface area (Å²) in [6, 6.07) is 19.9. The molecule has 4 heteroatoms. The number of rotatable bonds is 10. The Labute approximate surface area is 144 Å². The molecule has 0 aliphatic heterocycles. The number of aliphatic hydroxyl groups is 2. The number of aryl methyl sites for hydroxylation is 2. The molecule has 2 unspecified atom stereocenters. The van der Waals surface area contributed by atoms with Gasteiger partial charge in [-0.1, -0.05) is 60.7 Å². The van der Waals surface area contributed by atoms with E-state index in [1.165, 1.54) is 11.1 Å². The standard InChI is InChI=1S/C20H27NO3/c22-19(13-11-17-7-3-1-4-8-17)15-21(24)16-20(23)14-12-18-9-5-2-6-10-18/h1-10,19-20,22-24H,11-16H2. The molecule has 0 fully saturated rings. The third-order valence-electron chi connectivity index (χ3n) is 4.06. The Hall–Kier alpha value is -1.72. The lowest BCUT2D eigenvalue weighted by Crippen LogP contribution is -2.36. The van der Waals surface area contributed by atoms with Crippen LogP contribution in [0.15, 0.2) is 60.7 Å².